The Hall–Kier alpha value is -2.57. The van der Waals surface area contributed by atoms with Gasteiger partial charge in [-0.05, 0) is 92.7 Å². The third kappa shape index (κ3) is 10.5. The summed E-state index contributed by atoms with van der Waals surface area (Å²) in [6, 6.07) is 14.2. The number of aliphatic hydroxyl groups excluding tert-OH is 2. The van der Waals surface area contributed by atoms with Crippen LogP contribution in [0.5, 0.6) is 11.5 Å². The average Bonchev–Trinajstić information content (AvgIpc) is 3.38. The Bertz CT molecular complexity index is 1010. The molecule has 0 spiro atoms. The average molecular weight is 540 g/mol. The Kier molecular flexibility index (Phi) is 12.6. The number of methoxy groups -OCH3 is 2. The van der Waals surface area contributed by atoms with Gasteiger partial charge in [-0.25, -0.2) is 0 Å². The van der Waals surface area contributed by atoms with Crippen molar-refractivity contribution in [3.05, 3.63) is 53.6 Å². The lowest BCUT2D eigenvalue weighted by atomic mass is 9.75. The zero-order chi connectivity index (χ0) is 28.1. The fraction of sp³-hybridized carbons (Fsp3) is 0.606. The number of unbranched alkanes of at least 4 members (excludes halogenated alkanes) is 2. The van der Waals surface area contributed by atoms with Crippen molar-refractivity contribution < 1.29 is 24.5 Å². The first-order chi connectivity index (χ1) is 18.8. The third-order valence-corrected chi connectivity index (χ3v) is 8.14. The van der Waals surface area contributed by atoms with E-state index in [0.29, 0.717) is 30.9 Å². The van der Waals surface area contributed by atoms with Crippen molar-refractivity contribution in [2.45, 2.75) is 103 Å². The summed E-state index contributed by atoms with van der Waals surface area (Å²) in [6.45, 7) is 2.34. The maximum absolute atomic E-state index is 12.7. The highest BCUT2D eigenvalue weighted by Crippen LogP contribution is 2.46. The van der Waals surface area contributed by atoms with Gasteiger partial charge in [-0.2, -0.15) is 0 Å². The van der Waals surface area contributed by atoms with Crippen molar-refractivity contribution in [3.63, 3.8) is 0 Å². The van der Waals surface area contributed by atoms with Gasteiger partial charge in [0.15, 0.2) is 11.5 Å². The van der Waals surface area contributed by atoms with Crippen molar-refractivity contribution >= 4 is 11.5 Å². The number of aliphatic hydroxyl groups is 2. The van der Waals surface area contributed by atoms with Gasteiger partial charge in [0.25, 0.3) is 0 Å². The molecule has 1 fully saturated rings. The van der Waals surface area contributed by atoms with Crippen molar-refractivity contribution in [1.82, 2.24) is 0 Å². The molecule has 1 aliphatic carbocycles. The molecular weight excluding hydrogens is 490 g/mol. The van der Waals surface area contributed by atoms with Gasteiger partial charge in [0.05, 0.1) is 26.4 Å². The van der Waals surface area contributed by atoms with Crippen molar-refractivity contribution in [1.29, 1.82) is 0 Å². The van der Waals surface area contributed by atoms with Crippen LogP contribution in [0.4, 0.5) is 5.69 Å². The van der Waals surface area contributed by atoms with Crippen molar-refractivity contribution in [2.24, 2.45) is 5.41 Å². The maximum atomic E-state index is 12.7. The number of anilines is 1. The van der Waals surface area contributed by atoms with Gasteiger partial charge in [-0.1, -0.05) is 43.9 Å². The summed E-state index contributed by atoms with van der Waals surface area (Å²) < 4.78 is 10.7. The van der Waals surface area contributed by atoms with Gasteiger partial charge in [0.2, 0.25) is 0 Å². The number of carbonyl (C=O) groups is 1. The van der Waals surface area contributed by atoms with Crippen LogP contribution >= 0.6 is 0 Å². The van der Waals surface area contributed by atoms with Crippen LogP contribution in [0.25, 0.3) is 0 Å². The molecule has 39 heavy (non-hydrogen) atoms. The predicted octanol–water partition coefficient (Wildman–Crippen LogP) is 6.50. The minimum atomic E-state index is -0.558. The summed E-state index contributed by atoms with van der Waals surface area (Å²) >= 11 is 0. The Morgan fingerprint density at radius 1 is 0.949 bits per heavy atom. The number of Topliss-reactive ketones (excluding diaryl/α,β-unsaturated/α-hetero) is 1. The van der Waals surface area contributed by atoms with E-state index in [2.05, 4.69) is 23.5 Å². The molecule has 1 saturated carbocycles. The first kappa shape index (κ1) is 31.0. The highest BCUT2D eigenvalue weighted by molar-refractivity contribution is 5.79. The fourth-order valence-corrected chi connectivity index (χ4v) is 6.05. The van der Waals surface area contributed by atoms with Crippen molar-refractivity contribution in [3.8, 4) is 11.5 Å². The fourth-order valence-electron chi connectivity index (χ4n) is 6.05. The second-order valence-corrected chi connectivity index (χ2v) is 11.5. The number of benzene rings is 2. The van der Waals surface area contributed by atoms with E-state index in [1.165, 1.54) is 44.1 Å². The van der Waals surface area contributed by atoms with Gasteiger partial charge in [-0.15, -0.1) is 0 Å². The number of hydrogen-bond acceptors (Lipinski definition) is 6. The minimum Gasteiger partial charge on any atom is -0.493 e. The summed E-state index contributed by atoms with van der Waals surface area (Å²) in [6.07, 6.45) is 11.6. The molecule has 0 amide bonds. The molecule has 0 unspecified atom stereocenters. The molecule has 0 aliphatic heterocycles. The smallest absolute Gasteiger partial charge is 0.160 e. The zero-order valence-corrected chi connectivity index (χ0v) is 24.2. The molecule has 0 bridgehead atoms. The van der Waals surface area contributed by atoms with Crippen LogP contribution in [0, 0.1) is 5.41 Å². The van der Waals surface area contributed by atoms with E-state index < -0.39 is 6.10 Å². The van der Waals surface area contributed by atoms with Crippen LogP contribution in [0.3, 0.4) is 0 Å². The number of rotatable bonds is 18. The monoisotopic (exact) mass is 539 g/mol. The standard InChI is InChI=1S/C33H49NO5/c1-25(35)24-34-28-12-9-11-26(20-28)10-5-4-6-17-33(18-7-8-19-33)23-30(37)22-29(36)15-13-27-14-16-31(38-2)32(21-27)39-3/h9,11-12,14,16,20-21,25,30,34-35,37H,4-8,10,13,15,17-19,22-24H2,1-3H3/t25-,30+/m0/s1. The summed E-state index contributed by atoms with van der Waals surface area (Å²) in [4.78, 5) is 12.7. The maximum Gasteiger partial charge on any atom is 0.160 e. The molecular formula is C33H49NO5. The second-order valence-electron chi connectivity index (χ2n) is 11.5. The summed E-state index contributed by atoms with van der Waals surface area (Å²) in [5.41, 5.74) is 3.60. The topological polar surface area (TPSA) is 88.0 Å². The van der Waals surface area contributed by atoms with Gasteiger partial charge in [0.1, 0.15) is 5.78 Å². The van der Waals surface area contributed by atoms with Gasteiger partial charge >= 0.3 is 0 Å². The number of ketones is 1. The molecule has 2 aromatic rings. The number of ether oxygens (including phenoxy) is 2. The zero-order valence-electron chi connectivity index (χ0n) is 24.2. The van der Waals surface area contributed by atoms with E-state index in [-0.39, 0.29) is 23.7 Å². The van der Waals surface area contributed by atoms with Crippen molar-refractivity contribution in [2.75, 3.05) is 26.1 Å². The lowest BCUT2D eigenvalue weighted by molar-refractivity contribution is -0.121. The van der Waals surface area contributed by atoms with Crippen LogP contribution in [-0.2, 0) is 17.6 Å². The SMILES string of the molecule is COc1ccc(CCC(=O)C[C@@H](O)CC2(CCCCCc3cccc(NC[C@H](C)O)c3)CCCC2)cc1OC. The van der Waals surface area contributed by atoms with Crippen LogP contribution < -0.4 is 14.8 Å². The van der Waals surface area contributed by atoms with E-state index in [4.69, 9.17) is 9.47 Å². The second kappa shape index (κ2) is 15.9. The molecule has 0 saturated heterocycles. The van der Waals surface area contributed by atoms with E-state index in [9.17, 15) is 15.0 Å². The molecule has 1 aliphatic rings. The molecule has 0 aromatic heterocycles. The highest BCUT2D eigenvalue weighted by atomic mass is 16.5. The number of carbonyl (C=O) groups excluding carboxylic acids is 1. The number of aryl methyl sites for hydroxylation is 2. The Balaban J connectivity index is 1.39. The number of nitrogens with one attached hydrogen (secondary N) is 1. The first-order valence-electron chi connectivity index (χ1n) is 14.7. The predicted molar refractivity (Wildman–Crippen MR) is 158 cm³/mol. The molecule has 2 aromatic carbocycles. The van der Waals surface area contributed by atoms with Gasteiger partial charge in [0, 0.05) is 25.1 Å². The summed E-state index contributed by atoms with van der Waals surface area (Å²) in [5.74, 6) is 1.47. The molecule has 6 nitrogen and oxygen atoms in total. The van der Waals surface area contributed by atoms with Crippen LogP contribution in [-0.4, -0.2) is 49.0 Å². The lowest BCUT2D eigenvalue weighted by Gasteiger charge is -2.31. The lowest BCUT2D eigenvalue weighted by Crippen LogP contribution is -2.26. The van der Waals surface area contributed by atoms with Crippen LogP contribution in [0.1, 0.15) is 88.7 Å². The van der Waals surface area contributed by atoms with E-state index in [1.54, 1.807) is 21.1 Å². The first-order valence-corrected chi connectivity index (χ1v) is 14.7. The molecule has 3 N–H and O–H groups in total. The largest absolute Gasteiger partial charge is 0.493 e. The summed E-state index contributed by atoms with van der Waals surface area (Å²) in [7, 11) is 3.22. The molecule has 3 rings (SSSR count). The molecule has 0 heterocycles. The van der Waals surface area contributed by atoms with Gasteiger partial charge in [-0.3, -0.25) is 4.79 Å². The third-order valence-electron chi connectivity index (χ3n) is 8.14. The number of hydrogen-bond donors (Lipinski definition) is 3. The van der Waals surface area contributed by atoms with E-state index in [1.807, 2.05) is 24.3 Å². The van der Waals surface area contributed by atoms with Gasteiger partial charge < -0.3 is 25.0 Å². The minimum absolute atomic E-state index is 0.121. The molecule has 6 heteroatoms. The van der Waals surface area contributed by atoms with E-state index >= 15 is 0 Å². The molecule has 216 valence electrons. The highest BCUT2D eigenvalue weighted by Gasteiger charge is 2.35. The van der Waals surface area contributed by atoms with Crippen LogP contribution in [0.15, 0.2) is 42.5 Å². The molecule has 2 atom stereocenters. The Morgan fingerprint density at radius 2 is 1.69 bits per heavy atom. The Morgan fingerprint density at radius 3 is 2.41 bits per heavy atom. The Labute approximate surface area is 235 Å². The van der Waals surface area contributed by atoms with Crippen LogP contribution in [0.2, 0.25) is 0 Å². The quantitative estimate of drug-likeness (QED) is 0.187. The summed E-state index contributed by atoms with van der Waals surface area (Å²) in [5, 5.41) is 23.6. The molecule has 0 radical (unpaired) electrons. The van der Waals surface area contributed by atoms with E-state index in [0.717, 1.165) is 36.9 Å². The normalized spacial score (nSPS) is 16.0.